The zero-order valence-corrected chi connectivity index (χ0v) is 16.2. The third kappa shape index (κ3) is 6.68. The molecule has 10 heteroatoms. The van der Waals surface area contributed by atoms with Crippen molar-refractivity contribution >= 4 is 17.5 Å². The van der Waals surface area contributed by atoms with Crippen LogP contribution in [-0.4, -0.2) is 75.9 Å². The fourth-order valence-electron chi connectivity index (χ4n) is 3.27. The molecule has 2 amide bonds. The van der Waals surface area contributed by atoms with Crippen LogP contribution in [0.3, 0.4) is 0 Å². The van der Waals surface area contributed by atoms with Crippen molar-refractivity contribution in [2.45, 2.75) is 19.3 Å². The third-order valence-electron chi connectivity index (χ3n) is 4.81. The first-order valence-corrected chi connectivity index (χ1v) is 9.10. The van der Waals surface area contributed by atoms with Gasteiger partial charge in [-0.25, -0.2) is 0 Å². The summed E-state index contributed by atoms with van der Waals surface area (Å²) in [6.07, 6.45) is -4.74. The molecule has 1 aromatic carbocycles. The molecule has 1 aliphatic rings. The predicted molar refractivity (Wildman–Crippen MR) is 96.2 cm³/mol. The van der Waals surface area contributed by atoms with E-state index < -0.39 is 6.36 Å². The van der Waals surface area contributed by atoms with Gasteiger partial charge in [0.1, 0.15) is 31.9 Å². The minimum atomic E-state index is -4.74. The standard InChI is InChI=1S/C18H25F3N4O3/c1-13(17(27)23(2)3)25-10-8-24(9-11-25)12-16(26)22-14-4-6-15(7-5-14)28-18(19,20)21/h4-7,13H,8-12H2,1-3H3,(H,22,26)/p+2/t13-/m1/s1. The van der Waals surface area contributed by atoms with Crippen molar-refractivity contribution in [3.05, 3.63) is 24.3 Å². The lowest BCUT2D eigenvalue weighted by atomic mass is 10.2. The first kappa shape index (κ1) is 22.0. The van der Waals surface area contributed by atoms with Crippen LogP contribution in [-0.2, 0) is 9.59 Å². The molecule has 3 N–H and O–H groups in total. The molecule has 0 unspecified atom stereocenters. The Morgan fingerprint density at radius 3 is 2.21 bits per heavy atom. The number of quaternary nitrogens is 2. The molecule has 0 bridgehead atoms. The first-order valence-electron chi connectivity index (χ1n) is 9.10. The van der Waals surface area contributed by atoms with Crippen LogP contribution in [0.2, 0.25) is 0 Å². The predicted octanol–water partition coefficient (Wildman–Crippen LogP) is -1.22. The van der Waals surface area contributed by atoms with Gasteiger partial charge in [-0.2, -0.15) is 0 Å². The van der Waals surface area contributed by atoms with Gasteiger partial charge in [-0.05, 0) is 31.2 Å². The van der Waals surface area contributed by atoms with Crippen LogP contribution in [0, 0.1) is 0 Å². The number of carbonyl (C=O) groups excluding carboxylic acids is 2. The Morgan fingerprint density at radius 1 is 1.14 bits per heavy atom. The van der Waals surface area contributed by atoms with Crippen LogP contribution in [0.25, 0.3) is 0 Å². The first-order chi connectivity index (χ1) is 13.0. The second kappa shape index (κ2) is 9.24. The Hall–Kier alpha value is -2.33. The van der Waals surface area contributed by atoms with Gasteiger partial charge in [0.25, 0.3) is 11.8 Å². The molecule has 1 saturated heterocycles. The Kier molecular flexibility index (Phi) is 7.25. The molecule has 28 heavy (non-hydrogen) atoms. The number of hydrogen-bond acceptors (Lipinski definition) is 3. The van der Waals surface area contributed by atoms with E-state index in [1.165, 1.54) is 17.0 Å². The van der Waals surface area contributed by atoms with Crippen molar-refractivity contribution in [3.63, 3.8) is 0 Å². The summed E-state index contributed by atoms with van der Waals surface area (Å²) in [5, 5.41) is 2.68. The minimum Gasteiger partial charge on any atom is -0.406 e. The minimum absolute atomic E-state index is 0.0918. The zero-order valence-electron chi connectivity index (χ0n) is 16.2. The van der Waals surface area contributed by atoms with Gasteiger partial charge in [-0.3, -0.25) is 9.59 Å². The molecule has 0 aliphatic carbocycles. The number of anilines is 1. The molecule has 1 aliphatic heterocycles. The van der Waals surface area contributed by atoms with Crippen molar-refractivity contribution in [2.75, 3.05) is 52.1 Å². The van der Waals surface area contributed by atoms with Crippen LogP contribution < -0.4 is 19.9 Å². The van der Waals surface area contributed by atoms with E-state index in [4.69, 9.17) is 0 Å². The quantitative estimate of drug-likeness (QED) is 0.557. The van der Waals surface area contributed by atoms with E-state index in [9.17, 15) is 22.8 Å². The Labute approximate surface area is 162 Å². The Morgan fingerprint density at radius 2 is 1.71 bits per heavy atom. The molecule has 1 fully saturated rings. The number of nitrogens with one attached hydrogen (secondary N) is 3. The second-order valence-corrected chi connectivity index (χ2v) is 7.16. The Bertz CT molecular complexity index is 672. The number of benzene rings is 1. The lowest BCUT2D eigenvalue weighted by Gasteiger charge is -2.33. The van der Waals surface area contributed by atoms with Crippen molar-refractivity contribution in [3.8, 4) is 5.75 Å². The number of halogens is 3. The summed E-state index contributed by atoms with van der Waals surface area (Å²) in [6, 6.07) is 4.93. The van der Waals surface area contributed by atoms with Crippen molar-refractivity contribution < 1.29 is 37.3 Å². The number of likely N-dealkylation sites (N-methyl/N-ethyl adjacent to an activating group) is 1. The van der Waals surface area contributed by atoms with Gasteiger partial charge in [-0.15, -0.1) is 13.2 Å². The summed E-state index contributed by atoms with van der Waals surface area (Å²) < 4.78 is 40.3. The van der Waals surface area contributed by atoms with Gasteiger partial charge in [0, 0.05) is 19.8 Å². The van der Waals surface area contributed by atoms with E-state index in [-0.39, 0.29) is 30.2 Å². The number of carbonyl (C=O) groups is 2. The normalized spacial score (nSPS) is 20.9. The molecule has 0 radical (unpaired) electrons. The van der Waals surface area contributed by atoms with Crippen molar-refractivity contribution in [2.24, 2.45) is 0 Å². The van der Waals surface area contributed by atoms with E-state index >= 15 is 0 Å². The summed E-state index contributed by atoms with van der Waals surface area (Å²) in [6.45, 7) is 5.32. The molecule has 1 heterocycles. The second-order valence-electron chi connectivity index (χ2n) is 7.16. The lowest BCUT2D eigenvalue weighted by molar-refractivity contribution is -1.01. The van der Waals surface area contributed by atoms with E-state index in [1.54, 1.807) is 19.0 Å². The van der Waals surface area contributed by atoms with E-state index in [0.717, 1.165) is 43.2 Å². The van der Waals surface area contributed by atoms with Gasteiger partial charge in [-0.1, -0.05) is 0 Å². The maximum Gasteiger partial charge on any atom is 0.573 e. The maximum atomic E-state index is 12.2. The monoisotopic (exact) mass is 404 g/mol. The summed E-state index contributed by atoms with van der Waals surface area (Å²) in [5.74, 6) is -0.453. The number of ether oxygens (including phenoxy) is 1. The van der Waals surface area contributed by atoms with Gasteiger partial charge in [0.2, 0.25) is 0 Å². The number of piperazine rings is 1. The molecule has 1 atom stereocenters. The molecule has 0 spiro atoms. The lowest BCUT2D eigenvalue weighted by Crippen LogP contribution is -3.30. The molecule has 7 nitrogen and oxygen atoms in total. The molecule has 156 valence electrons. The smallest absolute Gasteiger partial charge is 0.406 e. The Balaban J connectivity index is 1.78. The summed E-state index contributed by atoms with van der Waals surface area (Å²) in [5.41, 5.74) is 0.411. The van der Waals surface area contributed by atoms with Gasteiger partial charge < -0.3 is 24.8 Å². The molecular formula is C18H27F3N4O3+2. The van der Waals surface area contributed by atoms with E-state index in [2.05, 4.69) is 10.1 Å². The number of nitrogens with zero attached hydrogens (tertiary/aromatic N) is 1. The van der Waals surface area contributed by atoms with E-state index in [0.29, 0.717) is 5.69 Å². The highest BCUT2D eigenvalue weighted by Crippen LogP contribution is 2.23. The molecule has 0 aromatic heterocycles. The highest BCUT2D eigenvalue weighted by atomic mass is 19.4. The van der Waals surface area contributed by atoms with E-state index in [1.807, 2.05) is 6.92 Å². The summed E-state index contributed by atoms with van der Waals surface area (Å²) in [4.78, 5) is 28.2. The number of rotatable bonds is 6. The topological polar surface area (TPSA) is 67.5 Å². The third-order valence-corrected chi connectivity index (χ3v) is 4.81. The van der Waals surface area contributed by atoms with Crippen LogP contribution in [0.4, 0.5) is 18.9 Å². The largest absolute Gasteiger partial charge is 0.573 e. The number of amides is 2. The van der Waals surface area contributed by atoms with Crippen LogP contribution in [0.15, 0.2) is 24.3 Å². The zero-order chi connectivity index (χ0) is 20.9. The van der Waals surface area contributed by atoms with Gasteiger partial charge in [0.15, 0.2) is 12.6 Å². The molecule has 1 aromatic rings. The van der Waals surface area contributed by atoms with Crippen LogP contribution in [0.5, 0.6) is 5.75 Å². The average Bonchev–Trinajstić information content (AvgIpc) is 2.61. The fraction of sp³-hybridized carbons (Fsp3) is 0.556. The highest BCUT2D eigenvalue weighted by Gasteiger charge is 2.33. The fourth-order valence-corrected chi connectivity index (χ4v) is 3.27. The number of hydrogen-bond donors (Lipinski definition) is 3. The summed E-state index contributed by atoms with van der Waals surface area (Å²) >= 11 is 0. The van der Waals surface area contributed by atoms with Crippen LogP contribution in [0.1, 0.15) is 6.92 Å². The van der Waals surface area contributed by atoms with Crippen molar-refractivity contribution in [1.82, 2.24) is 4.90 Å². The SMILES string of the molecule is C[C@H](C(=O)N(C)C)[NH+]1CC[NH+](CC(=O)Nc2ccc(OC(F)(F)F)cc2)CC1. The van der Waals surface area contributed by atoms with Crippen LogP contribution >= 0.6 is 0 Å². The number of alkyl halides is 3. The molecule has 0 saturated carbocycles. The molecular weight excluding hydrogens is 377 g/mol. The van der Waals surface area contributed by atoms with Crippen molar-refractivity contribution in [1.29, 1.82) is 0 Å². The summed E-state index contributed by atoms with van der Waals surface area (Å²) in [7, 11) is 3.48. The highest BCUT2D eigenvalue weighted by molar-refractivity contribution is 5.91. The van der Waals surface area contributed by atoms with Gasteiger partial charge >= 0.3 is 6.36 Å². The maximum absolute atomic E-state index is 12.2. The molecule has 2 rings (SSSR count). The van der Waals surface area contributed by atoms with Gasteiger partial charge in [0.05, 0.1) is 0 Å². The average molecular weight is 404 g/mol.